The van der Waals surface area contributed by atoms with Crippen LogP contribution in [-0.4, -0.2) is 20.6 Å². The Kier molecular flexibility index (Phi) is 2.64. The van der Waals surface area contributed by atoms with Gasteiger partial charge in [-0.2, -0.15) is 5.10 Å². The first-order chi connectivity index (χ1) is 9.24. The number of nitrogens with one attached hydrogen (secondary N) is 1. The number of rotatable bonds is 2. The molecule has 0 spiro atoms. The molecule has 2 aromatic heterocycles. The van der Waals surface area contributed by atoms with Gasteiger partial charge in [0.2, 0.25) is 0 Å². The minimum Gasteiger partial charge on any atom is -0.508 e. The molecule has 5 nitrogen and oxygen atoms in total. The topological polar surface area (TPSA) is 66.6 Å². The highest BCUT2D eigenvalue weighted by atomic mass is 16.3. The van der Waals surface area contributed by atoms with E-state index < -0.39 is 0 Å². The SMILES string of the molecule is O=C(Nc1cccc(O)c1)c1cnn2ccccc12. The third-order valence-electron chi connectivity index (χ3n) is 2.78. The number of phenolic OH excluding ortho intramolecular Hbond substituents is 1. The normalized spacial score (nSPS) is 10.5. The maximum atomic E-state index is 12.2. The van der Waals surface area contributed by atoms with Crippen LogP contribution >= 0.6 is 0 Å². The molecule has 1 amide bonds. The number of benzene rings is 1. The van der Waals surface area contributed by atoms with Gasteiger partial charge >= 0.3 is 0 Å². The van der Waals surface area contributed by atoms with E-state index in [1.54, 1.807) is 28.9 Å². The maximum absolute atomic E-state index is 12.2. The molecule has 0 unspecified atom stereocenters. The molecule has 94 valence electrons. The molecular formula is C14H11N3O2. The third-order valence-corrected chi connectivity index (χ3v) is 2.78. The van der Waals surface area contributed by atoms with Crippen LogP contribution in [0.5, 0.6) is 5.75 Å². The summed E-state index contributed by atoms with van der Waals surface area (Å²) >= 11 is 0. The number of hydrogen-bond acceptors (Lipinski definition) is 3. The average Bonchev–Trinajstić information content (AvgIpc) is 2.82. The smallest absolute Gasteiger partial charge is 0.259 e. The Morgan fingerprint density at radius 3 is 2.95 bits per heavy atom. The molecule has 1 aromatic carbocycles. The van der Waals surface area contributed by atoms with Crippen LogP contribution < -0.4 is 5.32 Å². The molecule has 0 aliphatic rings. The number of hydrogen-bond donors (Lipinski definition) is 2. The van der Waals surface area contributed by atoms with E-state index in [0.717, 1.165) is 5.52 Å². The molecule has 0 saturated heterocycles. The van der Waals surface area contributed by atoms with Crippen molar-refractivity contribution in [2.75, 3.05) is 5.32 Å². The van der Waals surface area contributed by atoms with Gasteiger partial charge in [-0.15, -0.1) is 0 Å². The predicted octanol–water partition coefficient (Wildman–Crippen LogP) is 2.29. The molecule has 0 radical (unpaired) electrons. The number of carbonyl (C=O) groups is 1. The quantitative estimate of drug-likeness (QED) is 0.736. The van der Waals surface area contributed by atoms with Gasteiger partial charge < -0.3 is 10.4 Å². The summed E-state index contributed by atoms with van der Waals surface area (Å²) in [5, 5.41) is 16.2. The van der Waals surface area contributed by atoms with Crippen molar-refractivity contribution >= 4 is 17.1 Å². The Morgan fingerprint density at radius 1 is 1.21 bits per heavy atom. The van der Waals surface area contributed by atoms with Crippen LogP contribution in [0.25, 0.3) is 5.52 Å². The zero-order chi connectivity index (χ0) is 13.2. The van der Waals surface area contributed by atoms with E-state index in [4.69, 9.17) is 0 Å². The fourth-order valence-electron chi connectivity index (χ4n) is 1.89. The van der Waals surface area contributed by atoms with Gasteiger partial charge in [-0.25, -0.2) is 4.52 Å². The summed E-state index contributed by atoms with van der Waals surface area (Å²) < 4.78 is 1.64. The number of pyridine rings is 1. The summed E-state index contributed by atoms with van der Waals surface area (Å²) in [5.41, 5.74) is 1.77. The first-order valence-electron chi connectivity index (χ1n) is 5.77. The molecule has 0 saturated carbocycles. The minimum absolute atomic E-state index is 0.109. The number of fused-ring (bicyclic) bond motifs is 1. The molecule has 0 aliphatic carbocycles. The van der Waals surface area contributed by atoms with Gasteiger partial charge in [-0.05, 0) is 24.3 Å². The summed E-state index contributed by atoms with van der Waals surface area (Å²) in [6.07, 6.45) is 3.30. The molecule has 3 aromatic rings. The van der Waals surface area contributed by atoms with Crippen molar-refractivity contribution in [1.29, 1.82) is 0 Å². The first-order valence-corrected chi connectivity index (χ1v) is 5.77. The lowest BCUT2D eigenvalue weighted by molar-refractivity contribution is 0.102. The molecule has 2 N–H and O–H groups in total. The van der Waals surface area contributed by atoms with Crippen molar-refractivity contribution in [2.24, 2.45) is 0 Å². The van der Waals surface area contributed by atoms with E-state index >= 15 is 0 Å². The zero-order valence-corrected chi connectivity index (χ0v) is 9.95. The Balaban J connectivity index is 1.92. The lowest BCUT2D eigenvalue weighted by Crippen LogP contribution is -2.11. The molecule has 0 fully saturated rings. The zero-order valence-electron chi connectivity index (χ0n) is 9.95. The van der Waals surface area contributed by atoms with E-state index in [1.807, 2.05) is 18.2 Å². The molecule has 0 bridgehead atoms. The summed E-state index contributed by atoms with van der Waals surface area (Å²) in [7, 11) is 0. The van der Waals surface area contributed by atoms with Gasteiger partial charge in [0.15, 0.2) is 0 Å². The Bertz CT molecular complexity index is 749. The molecule has 19 heavy (non-hydrogen) atoms. The number of aromatic hydroxyl groups is 1. The van der Waals surface area contributed by atoms with Gasteiger partial charge in [0.05, 0.1) is 17.3 Å². The van der Waals surface area contributed by atoms with Crippen molar-refractivity contribution in [3.8, 4) is 5.75 Å². The van der Waals surface area contributed by atoms with Crippen LogP contribution in [0.15, 0.2) is 54.9 Å². The van der Waals surface area contributed by atoms with Crippen LogP contribution in [0.1, 0.15) is 10.4 Å². The van der Waals surface area contributed by atoms with Crippen molar-refractivity contribution in [3.05, 3.63) is 60.4 Å². The van der Waals surface area contributed by atoms with Crippen LogP contribution in [0, 0.1) is 0 Å². The molecule has 0 aliphatic heterocycles. The number of phenols is 1. The third kappa shape index (κ3) is 2.13. The van der Waals surface area contributed by atoms with Crippen molar-refractivity contribution in [3.63, 3.8) is 0 Å². The predicted molar refractivity (Wildman–Crippen MR) is 71.3 cm³/mol. The fraction of sp³-hybridized carbons (Fsp3) is 0. The Labute approximate surface area is 109 Å². The second-order valence-electron chi connectivity index (χ2n) is 4.09. The number of nitrogens with zero attached hydrogens (tertiary/aromatic N) is 2. The Hall–Kier alpha value is -2.82. The molecule has 2 heterocycles. The second-order valence-corrected chi connectivity index (χ2v) is 4.09. The van der Waals surface area contributed by atoms with Crippen LogP contribution in [0.3, 0.4) is 0 Å². The molecule has 3 rings (SSSR count). The summed E-state index contributed by atoms with van der Waals surface area (Å²) in [6, 6.07) is 11.9. The van der Waals surface area contributed by atoms with Crippen LogP contribution in [0.4, 0.5) is 5.69 Å². The van der Waals surface area contributed by atoms with Gasteiger partial charge in [-0.3, -0.25) is 4.79 Å². The lowest BCUT2D eigenvalue weighted by atomic mass is 10.2. The second kappa shape index (κ2) is 4.45. The summed E-state index contributed by atoms with van der Waals surface area (Å²) in [6.45, 7) is 0. The molecular weight excluding hydrogens is 242 g/mol. The molecule has 0 atom stereocenters. The van der Waals surface area contributed by atoms with E-state index in [1.165, 1.54) is 12.3 Å². The highest BCUT2D eigenvalue weighted by molar-refractivity contribution is 6.08. The monoisotopic (exact) mass is 253 g/mol. The van der Waals surface area contributed by atoms with Gasteiger partial charge in [0.25, 0.3) is 5.91 Å². The van der Waals surface area contributed by atoms with Gasteiger partial charge in [0, 0.05) is 18.0 Å². The molecule has 5 heteroatoms. The fourth-order valence-corrected chi connectivity index (χ4v) is 1.89. The largest absolute Gasteiger partial charge is 0.508 e. The van der Waals surface area contributed by atoms with Gasteiger partial charge in [-0.1, -0.05) is 12.1 Å². The van der Waals surface area contributed by atoms with Crippen molar-refractivity contribution < 1.29 is 9.90 Å². The highest BCUT2D eigenvalue weighted by Crippen LogP contribution is 2.17. The van der Waals surface area contributed by atoms with E-state index in [9.17, 15) is 9.90 Å². The van der Waals surface area contributed by atoms with E-state index in [0.29, 0.717) is 11.3 Å². The standard InChI is InChI=1S/C14H11N3O2/c18-11-5-3-4-10(8-11)16-14(19)12-9-15-17-7-2-1-6-13(12)17/h1-9,18H,(H,16,19). The van der Waals surface area contributed by atoms with E-state index in [2.05, 4.69) is 10.4 Å². The van der Waals surface area contributed by atoms with Crippen molar-refractivity contribution in [2.45, 2.75) is 0 Å². The van der Waals surface area contributed by atoms with Crippen molar-refractivity contribution in [1.82, 2.24) is 9.61 Å². The number of aromatic nitrogens is 2. The summed E-state index contributed by atoms with van der Waals surface area (Å²) in [4.78, 5) is 12.2. The van der Waals surface area contributed by atoms with Gasteiger partial charge in [0.1, 0.15) is 5.75 Å². The summed E-state index contributed by atoms with van der Waals surface area (Å²) in [5.74, 6) is -0.149. The highest BCUT2D eigenvalue weighted by Gasteiger charge is 2.12. The maximum Gasteiger partial charge on any atom is 0.259 e. The average molecular weight is 253 g/mol. The van der Waals surface area contributed by atoms with Crippen LogP contribution in [0.2, 0.25) is 0 Å². The first kappa shape index (κ1) is 11.3. The van der Waals surface area contributed by atoms with Crippen LogP contribution in [-0.2, 0) is 0 Å². The Morgan fingerprint density at radius 2 is 2.11 bits per heavy atom. The number of anilines is 1. The lowest BCUT2D eigenvalue weighted by Gasteiger charge is -2.04. The number of amides is 1. The number of carbonyl (C=O) groups excluding carboxylic acids is 1. The minimum atomic E-state index is -0.258. The van der Waals surface area contributed by atoms with E-state index in [-0.39, 0.29) is 11.7 Å².